The van der Waals surface area contributed by atoms with E-state index in [1.165, 1.54) is 25.7 Å². The van der Waals surface area contributed by atoms with Crippen LogP contribution in [0.2, 0.25) is 0 Å². The molecule has 1 saturated carbocycles. The van der Waals surface area contributed by atoms with Crippen LogP contribution in [0, 0.1) is 0 Å². The Morgan fingerprint density at radius 1 is 1.37 bits per heavy atom. The first-order valence-electron chi connectivity index (χ1n) is 7.31. The van der Waals surface area contributed by atoms with Crippen molar-refractivity contribution in [3.63, 3.8) is 0 Å². The van der Waals surface area contributed by atoms with Crippen LogP contribution in [0.1, 0.15) is 51.4 Å². The van der Waals surface area contributed by atoms with Crippen LogP contribution < -0.4 is 5.32 Å². The van der Waals surface area contributed by atoms with Crippen molar-refractivity contribution in [2.45, 2.75) is 58.2 Å². The Bertz CT molecular complexity index is 552. The van der Waals surface area contributed by atoms with E-state index in [4.69, 9.17) is 4.98 Å². The summed E-state index contributed by atoms with van der Waals surface area (Å²) < 4.78 is 2.25. The van der Waals surface area contributed by atoms with Gasteiger partial charge in [-0.15, -0.1) is 0 Å². The third-order valence-electron chi connectivity index (χ3n) is 3.94. The maximum atomic E-state index is 4.73. The molecule has 0 unspecified atom stereocenters. The molecule has 0 spiro atoms. The Hall–Kier alpha value is -1.42. The average Bonchev–Trinajstić information content (AvgIpc) is 3.03. The molecule has 4 heteroatoms. The summed E-state index contributed by atoms with van der Waals surface area (Å²) in [5.74, 6) is 1.11. The summed E-state index contributed by atoms with van der Waals surface area (Å²) in [6.45, 7) is 5.23. The number of aromatic nitrogens is 3. The van der Waals surface area contributed by atoms with E-state index >= 15 is 0 Å². The van der Waals surface area contributed by atoms with Crippen LogP contribution in [0.4, 0.5) is 0 Å². The quantitative estimate of drug-likeness (QED) is 0.916. The maximum absolute atomic E-state index is 4.73. The summed E-state index contributed by atoms with van der Waals surface area (Å²) in [7, 11) is 0. The molecule has 1 N–H and O–H groups in total. The number of nitrogens with one attached hydrogen (secondary N) is 1. The van der Waals surface area contributed by atoms with E-state index in [1.54, 1.807) is 0 Å². The third kappa shape index (κ3) is 2.50. The minimum Gasteiger partial charge on any atom is -0.309 e. The lowest BCUT2D eigenvalue weighted by molar-refractivity contribution is 0.488. The molecule has 2 aromatic heterocycles. The zero-order valence-electron chi connectivity index (χ0n) is 11.8. The molecule has 3 rings (SSSR count). The molecule has 1 aliphatic rings. The van der Waals surface area contributed by atoms with Crippen molar-refractivity contribution in [1.29, 1.82) is 0 Å². The SMILES string of the molecule is CC(C)n1c(CNC2CCCC2)nc2cccnc21. The molecular formula is C15H22N4. The topological polar surface area (TPSA) is 42.7 Å². The lowest BCUT2D eigenvalue weighted by Crippen LogP contribution is -2.27. The van der Waals surface area contributed by atoms with E-state index in [1.807, 2.05) is 18.3 Å². The number of imidazole rings is 1. The molecule has 1 aliphatic carbocycles. The normalized spacial score (nSPS) is 16.8. The number of nitrogens with zero attached hydrogens (tertiary/aromatic N) is 3. The zero-order valence-corrected chi connectivity index (χ0v) is 11.8. The van der Waals surface area contributed by atoms with Crippen LogP contribution >= 0.6 is 0 Å². The fourth-order valence-corrected chi connectivity index (χ4v) is 3.01. The average molecular weight is 258 g/mol. The van der Waals surface area contributed by atoms with Gasteiger partial charge in [0.15, 0.2) is 5.65 Å². The number of hydrogen-bond donors (Lipinski definition) is 1. The second-order valence-corrected chi connectivity index (χ2v) is 5.70. The van der Waals surface area contributed by atoms with E-state index in [0.29, 0.717) is 12.1 Å². The van der Waals surface area contributed by atoms with Gasteiger partial charge in [0.2, 0.25) is 0 Å². The summed E-state index contributed by atoms with van der Waals surface area (Å²) in [5, 5.41) is 3.64. The first-order chi connectivity index (χ1) is 9.25. The van der Waals surface area contributed by atoms with E-state index < -0.39 is 0 Å². The molecule has 0 bridgehead atoms. The van der Waals surface area contributed by atoms with E-state index in [9.17, 15) is 0 Å². The van der Waals surface area contributed by atoms with E-state index in [0.717, 1.165) is 23.5 Å². The molecule has 2 heterocycles. The van der Waals surface area contributed by atoms with E-state index in [-0.39, 0.29) is 0 Å². The van der Waals surface area contributed by atoms with Gasteiger partial charge in [-0.25, -0.2) is 9.97 Å². The van der Waals surface area contributed by atoms with Gasteiger partial charge >= 0.3 is 0 Å². The third-order valence-corrected chi connectivity index (χ3v) is 3.94. The van der Waals surface area contributed by atoms with Crippen LogP contribution in [0.5, 0.6) is 0 Å². The van der Waals surface area contributed by atoms with Gasteiger partial charge in [0.05, 0.1) is 6.54 Å². The summed E-state index contributed by atoms with van der Waals surface area (Å²) >= 11 is 0. The second kappa shape index (κ2) is 5.29. The van der Waals surface area contributed by atoms with Gasteiger partial charge in [0, 0.05) is 18.3 Å². The van der Waals surface area contributed by atoms with Crippen molar-refractivity contribution in [2.24, 2.45) is 0 Å². The number of rotatable bonds is 4. The van der Waals surface area contributed by atoms with Crippen molar-refractivity contribution in [3.05, 3.63) is 24.2 Å². The fourth-order valence-electron chi connectivity index (χ4n) is 3.01. The van der Waals surface area contributed by atoms with Crippen LogP contribution in [-0.2, 0) is 6.54 Å². The predicted molar refractivity (Wildman–Crippen MR) is 77.0 cm³/mol. The summed E-state index contributed by atoms with van der Waals surface area (Å²) in [5.41, 5.74) is 2.00. The molecule has 0 aliphatic heterocycles. The summed E-state index contributed by atoms with van der Waals surface area (Å²) in [4.78, 5) is 9.21. The molecule has 1 fully saturated rings. The Kier molecular flexibility index (Phi) is 3.51. The maximum Gasteiger partial charge on any atom is 0.160 e. The van der Waals surface area contributed by atoms with Gasteiger partial charge in [-0.05, 0) is 38.8 Å². The molecule has 102 valence electrons. The zero-order chi connectivity index (χ0) is 13.2. The highest BCUT2D eigenvalue weighted by Crippen LogP contribution is 2.21. The molecular weight excluding hydrogens is 236 g/mol. The van der Waals surface area contributed by atoms with Crippen LogP contribution in [-0.4, -0.2) is 20.6 Å². The lowest BCUT2D eigenvalue weighted by atomic mass is 10.2. The molecule has 19 heavy (non-hydrogen) atoms. The van der Waals surface area contributed by atoms with Crippen LogP contribution in [0.25, 0.3) is 11.2 Å². The van der Waals surface area contributed by atoms with Crippen molar-refractivity contribution >= 4 is 11.2 Å². The van der Waals surface area contributed by atoms with Crippen LogP contribution in [0.15, 0.2) is 18.3 Å². The van der Waals surface area contributed by atoms with Crippen LogP contribution in [0.3, 0.4) is 0 Å². The monoisotopic (exact) mass is 258 g/mol. The highest BCUT2D eigenvalue weighted by atomic mass is 15.2. The predicted octanol–water partition coefficient (Wildman–Crippen LogP) is 3.04. The molecule has 4 nitrogen and oxygen atoms in total. The molecule has 0 radical (unpaired) electrons. The van der Waals surface area contributed by atoms with Crippen molar-refractivity contribution in [1.82, 2.24) is 19.9 Å². The van der Waals surface area contributed by atoms with Crippen molar-refractivity contribution < 1.29 is 0 Å². The van der Waals surface area contributed by atoms with Crippen molar-refractivity contribution in [2.75, 3.05) is 0 Å². The Balaban J connectivity index is 1.86. The minimum atomic E-state index is 0.389. The summed E-state index contributed by atoms with van der Waals surface area (Å²) in [6.07, 6.45) is 7.18. The second-order valence-electron chi connectivity index (χ2n) is 5.70. The standard InChI is InChI=1S/C15H22N4/c1-11(2)19-14(10-17-12-6-3-4-7-12)18-13-8-5-9-16-15(13)19/h5,8-9,11-12,17H,3-4,6-7,10H2,1-2H3. The minimum absolute atomic E-state index is 0.389. The van der Waals surface area contributed by atoms with Crippen molar-refractivity contribution in [3.8, 4) is 0 Å². The Labute approximate surface area is 114 Å². The van der Waals surface area contributed by atoms with Gasteiger partial charge < -0.3 is 9.88 Å². The first-order valence-corrected chi connectivity index (χ1v) is 7.31. The highest BCUT2D eigenvalue weighted by Gasteiger charge is 2.17. The summed E-state index contributed by atoms with van der Waals surface area (Å²) in [6, 6.07) is 5.06. The smallest absolute Gasteiger partial charge is 0.160 e. The van der Waals surface area contributed by atoms with Gasteiger partial charge in [-0.3, -0.25) is 0 Å². The van der Waals surface area contributed by atoms with Gasteiger partial charge in [-0.2, -0.15) is 0 Å². The van der Waals surface area contributed by atoms with Gasteiger partial charge in [-0.1, -0.05) is 12.8 Å². The first kappa shape index (κ1) is 12.6. The Morgan fingerprint density at radius 3 is 2.89 bits per heavy atom. The number of fused-ring (bicyclic) bond motifs is 1. The molecule has 2 aromatic rings. The molecule has 0 aromatic carbocycles. The van der Waals surface area contributed by atoms with E-state index in [2.05, 4.69) is 28.7 Å². The lowest BCUT2D eigenvalue weighted by Gasteiger charge is -2.15. The molecule has 0 saturated heterocycles. The number of pyridine rings is 1. The largest absolute Gasteiger partial charge is 0.309 e. The van der Waals surface area contributed by atoms with Gasteiger partial charge in [0.25, 0.3) is 0 Å². The number of hydrogen-bond acceptors (Lipinski definition) is 3. The molecule has 0 atom stereocenters. The Morgan fingerprint density at radius 2 is 2.16 bits per heavy atom. The highest BCUT2D eigenvalue weighted by molar-refractivity contribution is 5.71. The fraction of sp³-hybridized carbons (Fsp3) is 0.600. The van der Waals surface area contributed by atoms with Gasteiger partial charge in [0.1, 0.15) is 11.3 Å². The molecule has 0 amide bonds.